The summed E-state index contributed by atoms with van der Waals surface area (Å²) in [6.45, 7) is 2.31. The monoisotopic (exact) mass is 291 g/mol. The van der Waals surface area contributed by atoms with E-state index in [9.17, 15) is 0 Å². The molecule has 2 fully saturated rings. The smallest absolute Gasteiger partial charge is 0.0406 e. The van der Waals surface area contributed by atoms with Gasteiger partial charge in [-0.25, -0.2) is 0 Å². The van der Waals surface area contributed by atoms with Crippen molar-refractivity contribution in [2.75, 3.05) is 7.05 Å². The first kappa shape index (κ1) is 14.4. The van der Waals surface area contributed by atoms with Gasteiger partial charge in [0.2, 0.25) is 0 Å². The fourth-order valence-corrected chi connectivity index (χ4v) is 4.63. The molecule has 110 valence electrons. The molecule has 0 aliphatic carbocycles. The molecule has 20 heavy (non-hydrogen) atoms. The lowest BCUT2D eigenvalue weighted by Crippen LogP contribution is -2.45. The highest BCUT2D eigenvalue weighted by Crippen LogP contribution is 2.48. The van der Waals surface area contributed by atoms with Crippen molar-refractivity contribution >= 4 is 11.6 Å². The van der Waals surface area contributed by atoms with Crippen LogP contribution in [-0.4, -0.2) is 24.0 Å². The average Bonchev–Trinajstić information content (AvgIpc) is 2.71. The molecule has 2 saturated heterocycles. The second-order valence-corrected chi connectivity index (χ2v) is 7.10. The van der Waals surface area contributed by atoms with Crippen LogP contribution in [-0.2, 0) is 0 Å². The Labute approximate surface area is 128 Å². The third-order valence-electron chi connectivity index (χ3n) is 5.62. The summed E-state index contributed by atoms with van der Waals surface area (Å²) >= 11 is 6.06. The van der Waals surface area contributed by atoms with Crippen LogP contribution in [0.2, 0.25) is 5.02 Å². The highest BCUT2D eigenvalue weighted by Gasteiger charge is 2.45. The van der Waals surface area contributed by atoms with Crippen LogP contribution in [0.1, 0.15) is 56.9 Å². The van der Waals surface area contributed by atoms with Gasteiger partial charge in [0.15, 0.2) is 0 Å². The molecule has 1 aromatic rings. The van der Waals surface area contributed by atoms with Crippen molar-refractivity contribution < 1.29 is 0 Å². The van der Waals surface area contributed by atoms with E-state index in [2.05, 4.69) is 43.1 Å². The van der Waals surface area contributed by atoms with Crippen LogP contribution in [0.15, 0.2) is 24.3 Å². The van der Waals surface area contributed by atoms with Gasteiger partial charge in [0.05, 0.1) is 0 Å². The van der Waals surface area contributed by atoms with Crippen molar-refractivity contribution in [1.82, 2.24) is 4.90 Å². The maximum absolute atomic E-state index is 6.06. The first-order valence-electron chi connectivity index (χ1n) is 8.18. The van der Waals surface area contributed by atoms with E-state index in [-0.39, 0.29) is 0 Å². The topological polar surface area (TPSA) is 3.24 Å². The molecule has 2 heteroatoms. The molecular weight excluding hydrogens is 266 g/mol. The minimum Gasteiger partial charge on any atom is -0.300 e. The van der Waals surface area contributed by atoms with E-state index >= 15 is 0 Å². The molecule has 0 aromatic heterocycles. The zero-order chi connectivity index (χ0) is 14.1. The van der Waals surface area contributed by atoms with Crippen LogP contribution >= 0.6 is 11.6 Å². The number of unbranched alkanes of at least 4 members (excludes halogenated alkanes) is 1. The second kappa shape index (κ2) is 6.07. The van der Waals surface area contributed by atoms with Crippen LogP contribution in [0.5, 0.6) is 0 Å². The maximum Gasteiger partial charge on any atom is 0.0406 e. The van der Waals surface area contributed by atoms with E-state index in [4.69, 9.17) is 11.6 Å². The highest BCUT2D eigenvalue weighted by atomic mass is 35.5. The molecule has 2 heterocycles. The summed E-state index contributed by atoms with van der Waals surface area (Å²) in [6.07, 6.45) is 8.19. The lowest BCUT2D eigenvalue weighted by atomic mass is 9.74. The van der Waals surface area contributed by atoms with Crippen LogP contribution in [0, 0.1) is 5.92 Å². The molecule has 2 bridgehead atoms. The molecule has 1 aromatic carbocycles. The van der Waals surface area contributed by atoms with Crippen LogP contribution in [0.4, 0.5) is 0 Å². The van der Waals surface area contributed by atoms with Crippen molar-refractivity contribution in [3.8, 4) is 0 Å². The first-order valence-corrected chi connectivity index (χ1v) is 8.56. The minimum absolute atomic E-state index is 0.743. The zero-order valence-corrected chi connectivity index (χ0v) is 13.4. The van der Waals surface area contributed by atoms with E-state index in [0.717, 1.165) is 28.9 Å². The molecular formula is C18H26ClN. The van der Waals surface area contributed by atoms with Gasteiger partial charge in [-0.3, -0.25) is 0 Å². The summed E-state index contributed by atoms with van der Waals surface area (Å²) < 4.78 is 0. The Morgan fingerprint density at radius 2 is 1.95 bits per heavy atom. The van der Waals surface area contributed by atoms with Crippen molar-refractivity contribution in [3.63, 3.8) is 0 Å². The summed E-state index contributed by atoms with van der Waals surface area (Å²) in [4.78, 5) is 2.67. The van der Waals surface area contributed by atoms with Crippen LogP contribution in [0.3, 0.4) is 0 Å². The Kier molecular flexibility index (Phi) is 4.37. The fourth-order valence-electron chi connectivity index (χ4n) is 4.50. The highest BCUT2D eigenvalue weighted by molar-refractivity contribution is 6.30. The molecule has 0 N–H and O–H groups in total. The van der Waals surface area contributed by atoms with E-state index < -0.39 is 0 Å². The standard InChI is InChI=1S/C18H26ClN/c1-3-4-5-16-17(13-6-8-14(19)9-7-13)12-15-10-11-18(16)20(15)2/h6-9,15-18H,3-5,10-12H2,1-2H3/t15?,16-,17+,18?/m0/s1. The number of hydrogen-bond acceptors (Lipinski definition) is 1. The lowest BCUT2D eigenvalue weighted by Gasteiger charge is -2.43. The lowest BCUT2D eigenvalue weighted by molar-refractivity contribution is 0.0931. The fraction of sp³-hybridized carbons (Fsp3) is 0.667. The van der Waals surface area contributed by atoms with Crippen LogP contribution < -0.4 is 0 Å². The van der Waals surface area contributed by atoms with Crippen molar-refractivity contribution in [2.45, 2.75) is 63.5 Å². The number of nitrogens with zero attached hydrogens (tertiary/aromatic N) is 1. The van der Waals surface area contributed by atoms with E-state index in [1.165, 1.54) is 44.1 Å². The maximum atomic E-state index is 6.06. The van der Waals surface area contributed by atoms with Gasteiger partial charge < -0.3 is 4.90 Å². The Morgan fingerprint density at radius 3 is 2.65 bits per heavy atom. The molecule has 4 atom stereocenters. The molecule has 3 rings (SSSR count). The largest absolute Gasteiger partial charge is 0.300 e. The summed E-state index contributed by atoms with van der Waals surface area (Å²) in [6, 6.07) is 10.3. The SMILES string of the molecule is CCCC[C@@H]1C2CCC(C[C@@H]1c1ccc(Cl)cc1)N2C. The van der Waals surface area contributed by atoms with Gasteiger partial charge >= 0.3 is 0 Å². The number of fused-ring (bicyclic) bond motifs is 2. The van der Waals surface area contributed by atoms with E-state index in [1.807, 2.05) is 0 Å². The summed E-state index contributed by atoms with van der Waals surface area (Å²) in [5, 5.41) is 0.856. The van der Waals surface area contributed by atoms with Gasteiger partial charge in [0, 0.05) is 17.1 Å². The normalized spacial score (nSPS) is 33.5. The predicted molar refractivity (Wildman–Crippen MR) is 86.4 cm³/mol. The van der Waals surface area contributed by atoms with Gasteiger partial charge in [0.25, 0.3) is 0 Å². The number of halogens is 1. The zero-order valence-electron chi connectivity index (χ0n) is 12.7. The molecule has 1 nitrogen and oxygen atoms in total. The van der Waals surface area contributed by atoms with Gasteiger partial charge in [-0.15, -0.1) is 0 Å². The summed E-state index contributed by atoms with van der Waals surface area (Å²) in [5.74, 6) is 1.58. The molecule has 2 aliphatic heterocycles. The second-order valence-electron chi connectivity index (χ2n) is 6.66. The average molecular weight is 292 g/mol. The third-order valence-corrected chi connectivity index (χ3v) is 5.87. The minimum atomic E-state index is 0.743. The van der Waals surface area contributed by atoms with E-state index in [0.29, 0.717) is 0 Å². The molecule has 0 amide bonds. The van der Waals surface area contributed by atoms with Crippen molar-refractivity contribution in [1.29, 1.82) is 0 Å². The van der Waals surface area contributed by atoms with E-state index in [1.54, 1.807) is 0 Å². The molecule has 2 unspecified atom stereocenters. The van der Waals surface area contributed by atoms with Gasteiger partial charge in [0.1, 0.15) is 0 Å². The molecule has 0 saturated carbocycles. The summed E-state index contributed by atoms with van der Waals surface area (Å²) in [5.41, 5.74) is 1.51. The Balaban J connectivity index is 1.85. The number of rotatable bonds is 4. The third kappa shape index (κ3) is 2.63. The Morgan fingerprint density at radius 1 is 1.20 bits per heavy atom. The van der Waals surface area contributed by atoms with Gasteiger partial charge in [-0.1, -0.05) is 43.5 Å². The predicted octanol–water partition coefficient (Wildman–Crippen LogP) is 5.10. The van der Waals surface area contributed by atoms with Crippen LogP contribution in [0.25, 0.3) is 0 Å². The Bertz CT molecular complexity index is 441. The Hall–Kier alpha value is -0.530. The number of benzene rings is 1. The molecule has 2 aliphatic rings. The summed E-state index contributed by atoms with van der Waals surface area (Å²) in [7, 11) is 2.35. The molecule has 0 spiro atoms. The first-order chi connectivity index (χ1) is 9.70. The molecule has 0 radical (unpaired) electrons. The number of piperidine rings is 1. The quantitative estimate of drug-likeness (QED) is 0.746. The van der Waals surface area contributed by atoms with Crippen molar-refractivity contribution in [2.24, 2.45) is 5.92 Å². The van der Waals surface area contributed by atoms with Gasteiger partial charge in [-0.2, -0.15) is 0 Å². The number of hydrogen-bond donors (Lipinski definition) is 0. The van der Waals surface area contributed by atoms with Gasteiger partial charge in [-0.05, 0) is 62.3 Å². The van der Waals surface area contributed by atoms with Crippen molar-refractivity contribution in [3.05, 3.63) is 34.9 Å².